The van der Waals surface area contributed by atoms with Crippen LogP contribution >= 0.6 is 0 Å². The van der Waals surface area contributed by atoms with Crippen LogP contribution in [0.3, 0.4) is 0 Å². The van der Waals surface area contributed by atoms with E-state index in [-0.39, 0.29) is 12.5 Å². The molecule has 14 heteroatoms. The van der Waals surface area contributed by atoms with Gasteiger partial charge in [0.1, 0.15) is 48.8 Å². The summed E-state index contributed by atoms with van der Waals surface area (Å²) >= 11 is 0. The maximum Gasteiger partial charge on any atom is 0.220 e. The molecule has 12 unspecified atom stereocenters. The van der Waals surface area contributed by atoms with Crippen molar-refractivity contribution in [2.45, 2.75) is 286 Å². The average Bonchev–Trinajstić information content (AvgIpc) is 3.37. The first-order valence-electron chi connectivity index (χ1n) is 28.4. The number of aliphatic hydroxyl groups is 8. The topological polar surface area (TPSA) is 228 Å². The monoisotopic (exact) mass is 1010 g/mol. The van der Waals surface area contributed by atoms with Gasteiger partial charge in [-0.2, -0.15) is 0 Å². The molecule has 0 aromatic carbocycles. The number of hydrogen-bond donors (Lipinski definition) is 9. The zero-order chi connectivity index (χ0) is 51.7. The van der Waals surface area contributed by atoms with Crippen LogP contribution in [-0.4, -0.2) is 140 Å². The first-order chi connectivity index (χ1) is 34.6. The fourth-order valence-corrected chi connectivity index (χ4v) is 9.23. The van der Waals surface area contributed by atoms with E-state index >= 15 is 0 Å². The van der Waals surface area contributed by atoms with E-state index in [1.54, 1.807) is 0 Å². The zero-order valence-electron chi connectivity index (χ0n) is 44.2. The average molecular weight is 1010 g/mol. The third-order valence-corrected chi connectivity index (χ3v) is 13.8. The number of ether oxygens (including phenoxy) is 4. The van der Waals surface area contributed by atoms with Gasteiger partial charge in [0.25, 0.3) is 0 Å². The van der Waals surface area contributed by atoms with Crippen LogP contribution in [0.15, 0.2) is 48.6 Å². The molecule has 414 valence electrons. The fraction of sp³-hybridized carbons (Fsp3) is 0.842. The normalized spacial score (nSPS) is 26.1. The van der Waals surface area contributed by atoms with Gasteiger partial charge in [-0.1, -0.05) is 204 Å². The zero-order valence-corrected chi connectivity index (χ0v) is 44.2. The van der Waals surface area contributed by atoms with Crippen molar-refractivity contribution in [1.82, 2.24) is 5.32 Å². The minimum Gasteiger partial charge on any atom is -0.394 e. The molecule has 0 bridgehead atoms. The second kappa shape index (κ2) is 43.2. The lowest BCUT2D eigenvalue weighted by Crippen LogP contribution is -2.65. The number of aliphatic hydroxyl groups excluding tert-OH is 8. The molecule has 2 aliphatic heterocycles. The largest absolute Gasteiger partial charge is 0.394 e. The second-order valence-corrected chi connectivity index (χ2v) is 20.0. The van der Waals surface area contributed by atoms with Gasteiger partial charge in [-0.25, -0.2) is 0 Å². The Balaban J connectivity index is 1.76. The number of amides is 1. The molecule has 12 atom stereocenters. The number of allylic oxidation sites excluding steroid dienone is 8. The molecule has 1 amide bonds. The van der Waals surface area contributed by atoms with E-state index < -0.39 is 86.8 Å². The molecule has 0 aromatic rings. The van der Waals surface area contributed by atoms with E-state index in [4.69, 9.17) is 18.9 Å². The van der Waals surface area contributed by atoms with Crippen LogP contribution in [-0.2, 0) is 23.7 Å². The molecule has 0 radical (unpaired) electrons. The van der Waals surface area contributed by atoms with Gasteiger partial charge in [0.2, 0.25) is 5.91 Å². The second-order valence-electron chi connectivity index (χ2n) is 20.0. The lowest BCUT2D eigenvalue weighted by Gasteiger charge is -2.46. The van der Waals surface area contributed by atoms with Crippen LogP contribution in [0, 0.1) is 0 Å². The van der Waals surface area contributed by atoms with Crippen LogP contribution in [0.1, 0.15) is 213 Å². The summed E-state index contributed by atoms with van der Waals surface area (Å²) in [6, 6.07) is -0.831. The van der Waals surface area contributed by atoms with Crippen molar-refractivity contribution in [3.05, 3.63) is 48.6 Å². The maximum absolute atomic E-state index is 13.2. The standard InChI is InChI=1S/C57H103NO13/c1-3-5-7-9-11-13-15-17-19-20-21-22-23-24-25-26-27-29-31-33-35-37-39-41-49(62)58-45(46(61)40-38-36-34-32-30-28-18-16-14-12-10-8-6-4-2)44-68-56-54(67)52(65)55(48(43-60)70-56)71-57-53(66)51(64)50(63)47(42-59)69-57/h5,7,11,13,17,19,21-22,45-48,50-57,59-61,63-67H,3-4,6,8-10,12,14-16,18,20,23-44H2,1-2H3,(H,58,62)/b7-5-,13-11-,19-17-,22-21-. The van der Waals surface area contributed by atoms with Crippen molar-refractivity contribution in [2.24, 2.45) is 0 Å². The van der Waals surface area contributed by atoms with Gasteiger partial charge in [0, 0.05) is 6.42 Å². The Bertz CT molecular complexity index is 1380. The predicted octanol–water partition coefficient (Wildman–Crippen LogP) is 8.83. The molecule has 9 N–H and O–H groups in total. The molecule has 2 saturated heterocycles. The van der Waals surface area contributed by atoms with Gasteiger partial charge in [-0.3, -0.25) is 4.79 Å². The van der Waals surface area contributed by atoms with E-state index in [0.29, 0.717) is 12.8 Å². The minimum atomic E-state index is -1.78. The van der Waals surface area contributed by atoms with Gasteiger partial charge in [0.05, 0.1) is 32.0 Å². The fourth-order valence-electron chi connectivity index (χ4n) is 9.23. The molecule has 2 heterocycles. The Morgan fingerprint density at radius 3 is 1.49 bits per heavy atom. The number of carbonyl (C=O) groups excluding carboxylic acids is 1. The van der Waals surface area contributed by atoms with Crippen molar-refractivity contribution >= 4 is 5.91 Å². The lowest BCUT2D eigenvalue weighted by atomic mass is 9.97. The smallest absolute Gasteiger partial charge is 0.220 e. The predicted molar refractivity (Wildman–Crippen MR) is 281 cm³/mol. The summed E-state index contributed by atoms with van der Waals surface area (Å²) in [6.07, 6.45) is 35.3. The Morgan fingerprint density at radius 2 is 0.972 bits per heavy atom. The van der Waals surface area contributed by atoms with Crippen molar-refractivity contribution in [3.8, 4) is 0 Å². The number of rotatable bonds is 44. The van der Waals surface area contributed by atoms with Crippen LogP contribution in [0.2, 0.25) is 0 Å². The quantitative estimate of drug-likeness (QED) is 0.0206. The van der Waals surface area contributed by atoms with Crippen LogP contribution < -0.4 is 5.32 Å². The highest BCUT2D eigenvalue weighted by molar-refractivity contribution is 5.76. The maximum atomic E-state index is 13.2. The van der Waals surface area contributed by atoms with Crippen molar-refractivity contribution in [2.75, 3.05) is 19.8 Å². The molecule has 0 spiro atoms. The van der Waals surface area contributed by atoms with E-state index in [1.165, 1.54) is 103 Å². The van der Waals surface area contributed by atoms with Gasteiger partial charge in [-0.15, -0.1) is 0 Å². The Kier molecular flexibility index (Phi) is 39.6. The van der Waals surface area contributed by atoms with E-state index in [0.717, 1.165) is 83.5 Å². The Morgan fingerprint density at radius 1 is 0.521 bits per heavy atom. The molecule has 14 nitrogen and oxygen atoms in total. The molecule has 0 saturated carbocycles. The molecule has 2 rings (SSSR count). The Hall–Kier alpha value is -2.05. The number of carbonyl (C=O) groups is 1. The summed E-state index contributed by atoms with van der Waals surface area (Å²) in [6.45, 7) is 2.74. The van der Waals surface area contributed by atoms with E-state index in [1.807, 2.05) is 0 Å². The number of unbranched alkanes of at least 4 members (excludes halogenated alkanes) is 23. The highest BCUT2D eigenvalue weighted by Crippen LogP contribution is 2.30. The molecular formula is C57H103NO13. The summed E-state index contributed by atoms with van der Waals surface area (Å²) in [4.78, 5) is 13.2. The van der Waals surface area contributed by atoms with E-state index in [2.05, 4.69) is 67.8 Å². The highest BCUT2D eigenvalue weighted by Gasteiger charge is 2.51. The molecular weight excluding hydrogens is 907 g/mol. The molecule has 2 aliphatic rings. The van der Waals surface area contributed by atoms with Crippen LogP contribution in [0.25, 0.3) is 0 Å². The summed E-state index contributed by atoms with van der Waals surface area (Å²) in [7, 11) is 0. The van der Waals surface area contributed by atoms with Gasteiger partial charge in [0.15, 0.2) is 12.6 Å². The van der Waals surface area contributed by atoms with E-state index in [9.17, 15) is 45.6 Å². The molecule has 71 heavy (non-hydrogen) atoms. The third-order valence-electron chi connectivity index (χ3n) is 13.8. The van der Waals surface area contributed by atoms with Gasteiger partial charge < -0.3 is 65.1 Å². The summed E-state index contributed by atoms with van der Waals surface area (Å²) < 4.78 is 22.8. The first kappa shape index (κ1) is 65.1. The van der Waals surface area contributed by atoms with Crippen molar-refractivity contribution in [1.29, 1.82) is 0 Å². The van der Waals surface area contributed by atoms with Crippen LogP contribution in [0.4, 0.5) is 0 Å². The molecule has 0 aromatic heterocycles. The first-order valence-corrected chi connectivity index (χ1v) is 28.4. The van der Waals surface area contributed by atoms with Gasteiger partial charge >= 0.3 is 0 Å². The van der Waals surface area contributed by atoms with Crippen molar-refractivity contribution < 1.29 is 64.6 Å². The minimum absolute atomic E-state index is 0.213. The third kappa shape index (κ3) is 29.6. The van der Waals surface area contributed by atoms with Gasteiger partial charge in [-0.05, 0) is 51.4 Å². The SMILES string of the molecule is CC/C=C\C/C=C\C/C=C\C/C=C\CCCCCCCCCCCCC(=O)NC(COC1OC(CO)C(OC2OC(CO)C(O)C(O)C2O)C(O)C1O)C(O)CCCCCCCCCCCCCCCC. The molecule has 0 aliphatic carbocycles. The van der Waals surface area contributed by atoms with Crippen LogP contribution in [0.5, 0.6) is 0 Å². The van der Waals surface area contributed by atoms with Crippen molar-refractivity contribution in [3.63, 3.8) is 0 Å². The summed E-state index contributed by atoms with van der Waals surface area (Å²) in [5.41, 5.74) is 0. The molecule has 2 fully saturated rings. The highest BCUT2D eigenvalue weighted by atomic mass is 16.7. The Labute approximate surface area is 429 Å². The number of nitrogens with one attached hydrogen (secondary N) is 1. The number of hydrogen-bond acceptors (Lipinski definition) is 13. The lowest BCUT2D eigenvalue weighted by molar-refractivity contribution is -0.359. The summed E-state index contributed by atoms with van der Waals surface area (Å²) in [5.74, 6) is -0.213. The summed E-state index contributed by atoms with van der Waals surface area (Å²) in [5, 5.41) is 87.1.